The molecular weight excluding hydrogens is 316 g/mol. The number of likely N-dealkylation sites (tertiary alicyclic amines) is 1. The molecule has 25 heavy (non-hydrogen) atoms. The first-order valence-electron chi connectivity index (χ1n) is 8.80. The summed E-state index contributed by atoms with van der Waals surface area (Å²) in [5.74, 6) is 0.644. The van der Waals surface area contributed by atoms with E-state index in [1.807, 2.05) is 35.2 Å². The number of aryl methyl sites for hydroxylation is 1. The monoisotopic (exact) mass is 340 g/mol. The highest BCUT2D eigenvalue weighted by Gasteiger charge is 2.23. The minimum Gasteiger partial charge on any atom is -0.469 e. The van der Waals surface area contributed by atoms with Crippen LogP contribution in [-0.2, 0) is 11.3 Å². The summed E-state index contributed by atoms with van der Waals surface area (Å²) >= 11 is 0. The lowest BCUT2D eigenvalue weighted by Crippen LogP contribution is -2.36. The molecule has 0 aliphatic carbocycles. The Balaban J connectivity index is 1.70. The highest BCUT2D eigenvalue weighted by atomic mass is 16.3. The van der Waals surface area contributed by atoms with Gasteiger partial charge >= 0.3 is 0 Å². The zero-order valence-electron chi connectivity index (χ0n) is 14.6. The van der Waals surface area contributed by atoms with Crippen LogP contribution in [0.5, 0.6) is 0 Å². The molecule has 2 heterocycles. The van der Waals surface area contributed by atoms with Crippen LogP contribution in [-0.4, -0.2) is 41.2 Å². The van der Waals surface area contributed by atoms with Crippen LogP contribution in [0.4, 0.5) is 0 Å². The number of hydrogen-bond donors (Lipinski definition) is 0. The maximum Gasteiger partial charge on any atom is 0.257 e. The lowest BCUT2D eigenvalue weighted by Gasteiger charge is -2.24. The van der Waals surface area contributed by atoms with Crippen molar-refractivity contribution in [1.29, 1.82) is 0 Å². The van der Waals surface area contributed by atoms with Crippen molar-refractivity contribution < 1.29 is 14.0 Å². The normalized spacial score (nSPS) is 13.9. The number of carbonyl (C=O) groups excluding carboxylic acids is 2. The van der Waals surface area contributed by atoms with Gasteiger partial charge in [-0.25, -0.2) is 0 Å². The van der Waals surface area contributed by atoms with Crippen LogP contribution in [0.1, 0.15) is 40.9 Å². The molecule has 1 aliphatic heterocycles. The molecule has 132 valence electrons. The largest absolute Gasteiger partial charge is 0.469 e. The Labute approximate surface area is 148 Å². The minimum atomic E-state index is -0.0932. The summed E-state index contributed by atoms with van der Waals surface area (Å²) < 4.78 is 5.27. The van der Waals surface area contributed by atoms with Gasteiger partial charge in [-0.3, -0.25) is 9.59 Å². The van der Waals surface area contributed by atoms with Gasteiger partial charge in [-0.1, -0.05) is 30.3 Å². The maximum atomic E-state index is 12.9. The van der Waals surface area contributed by atoms with Crippen LogP contribution in [0, 0.1) is 6.92 Å². The number of rotatable bonds is 6. The zero-order valence-corrected chi connectivity index (χ0v) is 14.6. The van der Waals surface area contributed by atoms with Gasteiger partial charge in [0.25, 0.3) is 5.91 Å². The Morgan fingerprint density at radius 2 is 1.84 bits per heavy atom. The molecule has 0 unspecified atom stereocenters. The third kappa shape index (κ3) is 4.29. The average Bonchev–Trinajstić information content (AvgIpc) is 3.30. The molecule has 2 amide bonds. The molecule has 1 aliphatic rings. The van der Waals surface area contributed by atoms with E-state index in [0.717, 1.165) is 31.5 Å². The van der Waals surface area contributed by atoms with E-state index in [0.29, 0.717) is 30.8 Å². The summed E-state index contributed by atoms with van der Waals surface area (Å²) in [5.41, 5.74) is 1.61. The van der Waals surface area contributed by atoms with Crippen LogP contribution in [0.25, 0.3) is 0 Å². The summed E-state index contributed by atoms with van der Waals surface area (Å²) in [6.07, 6.45) is 4.04. The predicted molar refractivity (Wildman–Crippen MR) is 95.1 cm³/mol. The van der Waals surface area contributed by atoms with Gasteiger partial charge in [0.1, 0.15) is 5.76 Å². The SMILES string of the molecule is Cc1occc1C(=O)N(CCC(=O)N1CCCC1)Cc1ccccc1. The molecule has 1 saturated heterocycles. The number of amides is 2. The number of carbonyl (C=O) groups is 2. The average molecular weight is 340 g/mol. The van der Waals surface area contributed by atoms with Crippen LogP contribution in [0.15, 0.2) is 47.1 Å². The molecule has 0 spiro atoms. The summed E-state index contributed by atoms with van der Waals surface area (Å²) in [6.45, 7) is 4.35. The lowest BCUT2D eigenvalue weighted by molar-refractivity contribution is -0.130. The molecule has 5 nitrogen and oxygen atoms in total. The van der Waals surface area contributed by atoms with Gasteiger partial charge in [-0.2, -0.15) is 0 Å². The van der Waals surface area contributed by atoms with E-state index in [9.17, 15) is 9.59 Å². The van der Waals surface area contributed by atoms with Gasteiger partial charge < -0.3 is 14.2 Å². The standard InChI is InChI=1S/C20H24N2O3/c1-16-18(10-14-25-16)20(24)22(15-17-7-3-2-4-8-17)13-9-19(23)21-11-5-6-12-21/h2-4,7-8,10,14H,5-6,9,11-13,15H2,1H3. The Morgan fingerprint density at radius 3 is 2.48 bits per heavy atom. The second-order valence-electron chi connectivity index (χ2n) is 6.44. The summed E-state index contributed by atoms with van der Waals surface area (Å²) in [6, 6.07) is 11.5. The smallest absolute Gasteiger partial charge is 0.257 e. The first kappa shape index (κ1) is 17.3. The van der Waals surface area contributed by atoms with Gasteiger partial charge in [0.2, 0.25) is 5.91 Å². The van der Waals surface area contributed by atoms with Crippen molar-refractivity contribution in [2.75, 3.05) is 19.6 Å². The van der Waals surface area contributed by atoms with Crippen molar-refractivity contribution in [2.24, 2.45) is 0 Å². The summed E-state index contributed by atoms with van der Waals surface area (Å²) in [5, 5.41) is 0. The Kier molecular flexibility index (Phi) is 5.53. The predicted octanol–water partition coefficient (Wildman–Crippen LogP) is 3.24. The van der Waals surface area contributed by atoms with Crippen molar-refractivity contribution >= 4 is 11.8 Å². The fourth-order valence-corrected chi connectivity index (χ4v) is 3.19. The Morgan fingerprint density at radius 1 is 1.12 bits per heavy atom. The molecule has 0 radical (unpaired) electrons. The molecule has 0 N–H and O–H groups in total. The highest BCUT2D eigenvalue weighted by molar-refractivity contribution is 5.95. The minimum absolute atomic E-state index is 0.0932. The molecule has 1 aromatic carbocycles. The van der Waals surface area contributed by atoms with E-state index < -0.39 is 0 Å². The first-order chi connectivity index (χ1) is 12.1. The molecule has 0 bridgehead atoms. The van der Waals surface area contributed by atoms with E-state index in [1.54, 1.807) is 17.9 Å². The van der Waals surface area contributed by atoms with Crippen molar-refractivity contribution in [3.05, 3.63) is 59.5 Å². The zero-order chi connectivity index (χ0) is 17.6. The number of hydrogen-bond acceptors (Lipinski definition) is 3. The van der Waals surface area contributed by atoms with Crippen molar-refractivity contribution in [2.45, 2.75) is 32.7 Å². The topological polar surface area (TPSA) is 53.8 Å². The van der Waals surface area contributed by atoms with Gasteiger partial charge in [0.05, 0.1) is 11.8 Å². The number of benzene rings is 1. The molecular formula is C20H24N2O3. The number of nitrogens with zero attached hydrogens (tertiary/aromatic N) is 2. The third-order valence-electron chi connectivity index (χ3n) is 4.65. The molecule has 3 rings (SSSR count). The number of furan rings is 1. The molecule has 0 atom stereocenters. The van der Waals surface area contributed by atoms with E-state index in [4.69, 9.17) is 4.42 Å². The van der Waals surface area contributed by atoms with Gasteiger partial charge in [0, 0.05) is 32.6 Å². The maximum absolute atomic E-state index is 12.9. The second kappa shape index (κ2) is 8.01. The Bertz CT molecular complexity index is 718. The molecule has 1 fully saturated rings. The van der Waals surface area contributed by atoms with Crippen molar-refractivity contribution in [3.63, 3.8) is 0 Å². The quantitative estimate of drug-likeness (QED) is 0.811. The molecule has 2 aromatic rings. The molecule has 1 aromatic heterocycles. The van der Waals surface area contributed by atoms with Crippen molar-refractivity contribution in [1.82, 2.24) is 9.80 Å². The van der Waals surface area contributed by atoms with Crippen LogP contribution >= 0.6 is 0 Å². The Hall–Kier alpha value is -2.56. The molecule has 5 heteroatoms. The van der Waals surface area contributed by atoms with Crippen LogP contribution in [0.3, 0.4) is 0 Å². The molecule has 0 saturated carbocycles. The van der Waals surface area contributed by atoms with Crippen molar-refractivity contribution in [3.8, 4) is 0 Å². The van der Waals surface area contributed by atoms with Gasteiger partial charge in [-0.05, 0) is 31.4 Å². The second-order valence-corrected chi connectivity index (χ2v) is 6.44. The van der Waals surface area contributed by atoms with Gasteiger partial charge in [0.15, 0.2) is 0 Å². The fraction of sp³-hybridized carbons (Fsp3) is 0.400. The first-order valence-corrected chi connectivity index (χ1v) is 8.80. The summed E-state index contributed by atoms with van der Waals surface area (Å²) in [7, 11) is 0. The van der Waals surface area contributed by atoms with Crippen LogP contribution < -0.4 is 0 Å². The van der Waals surface area contributed by atoms with E-state index in [-0.39, 0.29) is 11.8 Å². The fourth-order valence-electron chi connectivity index (χ4n) is 3.19. The van der Waals surface area contributed by atoms with Gasteiger partial charge in [-0.15, -0.1) is 0 Å². The third-order valence-corrected chi connectivity index (χ3v) is 4.65. The van der Waals surface area contributed by atoms with E-state index in [1.165, 1.54) is 6.26 Å². The summed E-state index contributed by atoms with van der Waals surface area (Å²) in [4.78, 5) is 28.9. The lowest BCUT2D eigenvalue weighted by atomic mass is 10.1. The van der Waals surface area contributed by atoms with Crippen LogP contribution in [0.2, 0.25) is 0 Å². The van der Waals surface area contributed by atoms with E-state index >= 15 is 0 Å². The highest BCUT2D eigenvalue weighted by Crippen LogP contribution is 2.16. The van der Waals surface area contributed by atoms with E-state index in [2.05, 4.69) is 0 Å².